The van der Waals surface area contributed by atoms with Crippen molar-refractivity contribution in [2.24, 2.45) is 11.8 Å². The summed E-state index contributed by atoms with van der Waals surface area (Å²) in [6.45, 7) is 5.61. The highest BCUT2D eigenvalue weighted by Crippen LogP contribution is 2.51. The summed E-state index contributed by atoms with van der Waals surface area (Å²) in [6, 6.07) is 8.96. The first kappa shape index (κ1) is 30.1. The highest BCUT2D eigenvalue weighted by molar-refractivity contribution is 5.70. The number of carbonyl (C=O) groups excluding carboxylic acids is 1. The average molecular weight is 574 g/mol. The van der Waals surface area contributed by atoms with E-state index in [0.29, 0.717) is 18.4 Å². The zero-order chi connectivity index (χ0) is 30.8. The maximum Gasteiger partial charge on any atom is 0.410 e. The quantitative estimate of drug-likeness (QED) is 0.384. The standard InChI is InChI=1S/C20H23N3O2.C16H16N2/c1-5-14-8-15(12-22-11-14)20(13-21)9-16-6-7-17(10-20)23(16)18(24)25-19(2,3)4;1-2-12-6-15(10-18-9-12)16(11-17)7-13-3-4-14(5-13)8-16/h1,8,11-12,16-17H,6-7,9-10H2,2-4H3;1,6,9-10,13-14H,3-5,7-8H2/t16-,17+,20?;13-,14+,16?. The Balaban J connectivity index is 0.000000180. The monoisotopic (exact) mass is 573 g/mol. The van der Waals surface area contributed by atoms with Crippen LogP contribution in [0.15, 0.2) is 36.9 Å². The van der Waals surface area contributed by atoms with Gasteiger partial charge in [0.2, 0.25) is 0 Å². The number of terminal acetylenes is 2. The molecule has 2 aliphatic heterocycles. The van der Waals surface area contributed by atoms with Crippen molar-refractivity contribution in [2.75, 3.05) is 0 Å². The number of fused-ring (bicyclic) bond motifs is 4. The van der Waals surface area contributed by atoms with Crippen LogP contribution in [0.1, 0.15) is 101 Å². The Labute approximate surface area is 255 Å². The minimum Gasteiger partial charge on any atom is -0.444 e. The number of nitriles is 2. The molecular formula is C36H39N5O2. The van der Waals surface area contributed by atoms with Gasteiger partial charge in [-0.1, -0.05) is 24.7 Å². The maximum atomic E-state index is 12.6. The van der Waals surface area contributed by atoms with E-state index in [0.717, 1.165) is 54.2 Å². The molecule has 7 nitrogen and oxygen atoms in total. The normalized spacial score (nSPS) is 30.4. The fourth-order valence-electron chi connectivity index (χ4n) is 7.82. The van der Waals surface area contributed by atoms with E-state index >= 15 is 0 Å². The van der Waals surface area contributed by atoms with E-state index in [4.69, 9.17) is 17.6 Å². The van der Waals surface area contributed by atoms with Gasteiger partial charge in [-0.15, -0.1) is 12.8 Å². The van der Waals surface area contributed by atoms with Crippen LogP contribution in [-0.2, 0) is 15.6 Å². The number of hydrogen-bond acceptors (Lipinski definition) is 6. The molecule has 2 aliphatic carbocycles. The van der Waals surface area contributed by atoms with Gasteiger partial charge >= 0.3 is 6.09 Å². The number of hydrogen-bond donors (Lipinski definition) is 0. The fraction of sp³-hybridized carbons (Fsp3) is 0.528. The highest BCUT2D eigenvalue weighted by Gasteiger charge is 2.52. The number of rotatable bonds is 2. The van der Waals surface area contributed by atoms with Gasteiger partial charge in [-0.25, -0.2) is 4.79 Å². The summed E-state index contributed by atoms with van der Waals surface area (Å²) < 4.78 is 5.57. The molecule has 2 unspecified atom stereocenters. The zero-order valence-electron chi connectivity index (χ0n) is 25.3. The lowest BCUT2D eigenvalue weighted by Crippen LogP contribution is -2.52. The van der Waals surface area contributed by atoms with Gasteiger partial charge in [0.1, 0.15) is 5.60 Å². The van der Waals surface area contributed by atoms with Crippen LogP contribution in [0.2, 0.25) is 0 Å². The van der Waals surface area contributed by atoms with E-state index in [1.807, 2.05) is 44.0 Å². The second kappa shape index (κ2) is 11.7. The first-order chi connectivity index (χ1) is 20.5. The van der Waals surface area contributed by atoms with E-state index < -0.39 is 11.0 Å². The third kappa shape index (κ3) is 6.10. The molecule has 6 atom stereocenters. The van der Waals surface area contributed by atoms with E-state index in [2.05, 4.69) is 33.9 Å². The Bertz CT molecular complexity index is 1520. The van der Waals surface area contributed by atoms with Gasteiger partial charge in [0, 0.05) is 48.0 Å². The van der Waals surface area contributed by atoms with Crippen molar-refractivity contribution in [1.82, 2.24) is 14.9 Å². The van der Waals surface area contributed by atoms with Gasteiger partial charge < -0.3 is 9.64 Å². The molecule has 0 aromatic carbocycles. The number of nitrogens with zero attached hydrogens (tertiary/aromatic N) is 5. The van der Waals surface area contributed by atoms with Crippen molar-refractivity contribution in [2.45, 2.75) is 107 Å². The first-order valence-electron chi connectivity index (χ1n) is 15.2. The van der Waals surface area contributed by atoms with Crippen LogP contribution in [0.4, 0.5) is 4.79 Å². The number of aromatic nitrogens is 2. The number of ether oxygens (including phenoxy) is 1. The van der Waals surface area contributed by atoms with Crippen molar-refractivity contribution < 1.29 is 9.53 Å². The van der Waals surface area contributed by atoms with Gasteiger partial charge in [0.25, 0.3) is 0 Å². The van der Waals surface area contributed by atoms with Gasteiger partial charge in [0.05, 0.1) is 23.0 Å². The predicted octanol–water partition coefficient (Wildman–Crippen LogP) is 6.42. The summed E-state index contributed by atoms with van der Waals surface area (Å²) in [4.78, 5) is 22.8. The van der Waals surface area contributed by atoms with E-state index in [1.165, 1.54) is 19.3 Å². The third-order valence-electron chi connectivity index (χ3n) is 9.66. The maximum absolute atomic E-state index is 12.6. The molecule has 4 heterocycles. The first-order valence-corrected chi connectivity index (χ1v) is 15.2. The van der Waals surface area contributed by atoms with Gasteiger partial charge in [-0.3, -0.25) is 9.97 Å². The Morgan fingerprint density at radius 2 is 1.30 bits per heavy atom. The molecule has 220 valence electrons. The summed E-state index contributed by atoms with van der Waals surface area (Å²) in [7, 11) is 0. The summed E-state index contributed by atoms with van der Waals surface area (Å²) in [6.07, 6.45) is 26.3. The van der Waals surface area contributed by atoms with E-state index in [1.54, 1.807) is 18.6 Å². The number of carbonyl (C=O) groups is 1. The number of piperidine rings is 1. The molecule has 4 aliphatic rings. The average Bonchev–Trinajstić information content (AvgIpc) is 3.50. The second-order valence-corrected chi connectivity index (χ2v) is 13.7. The van der Waals surface area contributed by atoms with Crippen molar-refractivity contribution in [3.63, 3.8) is 0 Å². The van der Waals surface area contributed by atoms with Crippen LogP contribution in [0, 0.1) is 59.2 Å². The van der Waals surface area contributed by atoms with E-state index in [9.17, 15) is 15.3 Å². The smallest absolute Gasteiger partial charge is 0.410 e. The topological polar surface area (TPSA) is 103 Å². The lowest BCUT2D eigenvalue weighted by molar-refractivity contribution is 0.00232. The minimum atomic E-state index is -0.649. The largest absolute Gasteiger partial charge is 0.444 e. The van der Waals surface area contributed by atoms with Gasteiger partial charge in [-0.2, -0.15) is 10.5 Å². The molecule has 0 radical (unpaired) electrons. The van der Waals surface area contributed by atoms with Crippen LogP contribution in [-0.4, -0.2) is 38.6 Å². The van der Waals surface area contributed by atoms with Crippen LogP contribution in [0.3, 0.4) is 0 Å². The van der Waals surface area contributed by atoms with Crippen molar-refractivity contribution in [3.8, 4) is 36.8 Å². The van der Waals surface area contributed by atoms with E-state index in [-0.39, 0.29) is 23.6 Å². The molecule has 4 bridgehead atoms. The Kier molecular flexibility index (Phi) is 8.23. The molecule has 0 spiro atoms. The molecule has 0 N–H and O–H groups in total. The SMILES string of the molecule is C#Cc1cncc(C2(C#N)C[C@@H]3CC[C@@H](C3)C2)c1.C#Cc1cncc(C2(C#N)C[C@H]3CC[C@@H](C2)N3C(=O)OC(C)(C)C)c1. The van der Waals surface area contributed by atoms with Gasteiger partial charge in [0.15, 0.2) is 0 Å². The lowest BCUT2D eigenvalue weighted by atomic mass is 9.66. The summed E-state index contributed by atoms with van der Waals surface area (Å²) in [5.41, 5.74) is 1.82. The third-order valence-corrected chi connectivity index (χ3v) is 9.66. The molecule has 43 heavy (non-hydrogen) atoms. The number of amides is 1. The summed E-state index contributed by atoms with van der Waals surface area (Å²) in [5.74, 6) is 6.64. The molecule has 2 saturated carbocycles. The molecule has 6 rings (SSSR count). The Hall–Kier alpha value is -4.33. The Morgan fingerprint density at radius 1 is 0.837 bits per heavy atom. The van der Waals surface area contributed by atoms with Crippen molar-refractivity contribution in [3.05, 3.63) is 59.2 Å². The van der Waals surface area contributed by atoms with Crippen molar-refractivity contribution in [1.29, 1.82) is 10.5 Å². The second-order valence-electron chi connectivity index (χ2n) is 13.7. The molecule has 2 aromatic rings. The van der Waals surface area contributed by atoms with Gasteiger partial charge in [-0.05, 0) is 101 Å². The molecule has 4 fully saturated rings. The Morgan fingerprint density at radius 3 is 1.72 bits per heavy atom. The summed E-state index contributed by atoms with van der Waals surface area (Å²) in [5, 5.41) is 19.7. The van der Waals surface area contributed by atoms with Crippen LogP contribution in [0.25, 0.3) is 0 Å². The number of pyridine rings is 2. The van der Waals surface area contributed by atoms with Crippen LogP contribution >= 0.6 is 0 Å². The molecular weight excluding hydrogens is 534 g/mol. The van der Waals surface area contributed by atoms with Crippen molar-refractivity contribution >= 4 is 6.09 Å². The minimum absolute atomic E-state index is 0.0164. The lowest BCUT2D eigenvalue weighted by Gasteiger charge is -2.43. The molecule has 7 heteroatoms. The highest BCUT2D eigenvalue weighted by atomic mass is 16.6. The molecule has 2 aromatic heterocycles. The zero-order valence-corrected chi connectivity index (χ0v) is 25.3. The molecule has 1 amide bonds. The van der Waals surface area contributed by atoms with Crippen LogP contribution in [0.5, 0.6) is 0 Å². The fourth-order valence-corrected chi connectivity index (χ4v) is 7.82. The predicted molar refractivity (Wildman–Crippen MR) is 163 cm³/mol. The molecule has 2 saturated heterocycles. The summed E-state index contributed by atoms with van der Waals surface area (Å²) >= 11 is 0. The van der Waals surface area contributed by atoms with Crippen LogP contribution < -0.4 is 0 Å².